The fourth-order valence-electron chi connectivity index (χ4n) is 2.42. The molecule has 0 amide bonds. The molecule has 2 rings (SSSR count). The molecule has 2 aromatic carbocycles. The average molecular weight is 283 g/mol. The van der Waals surface area contributed by atoms with Gasteiger partial charge in [-0.1, -0.05) is 18.2 Å². The molecular formula is C18H21NO2. The van der Waals surface area contributed by atoms with Gasteiger partial charge in [-0.25, -0.2) is 4.79 Å². The number of nitrogens with zero attached hydrogens (tertiary/aromatic N) is 1. The molecule has 0 aliphatic heterocycles. The Morgan fingerprint density at radius 1 is 1.14 bits per heavy atom. The average Bonchev–Trinajstić information content (AvgIpc) is 2.45. The standard InChI is InChI=1S/C18H21NO2/c1-4-19(17-7-5-6-13(2)10-17)12-16-9-8-15(18(20)21)11-14(16)3/h5-11H,4,12H2,1-3H3,(H,20,21). The summed E-state index contributed by atoms with van der Waals surface area (Å²) in [4.78, 5) is 13.3. The van der Waals surface area contributed by atoms with E-state index in [1.54, 1.807) is 12.1 Å². The number of aromatic carboxylic acids is 1. The van der Waals surface area contributed by atoms with Gasteiger partial charge in [0, 0.05) is 18.8 Å². The van der Waals surface area contributed by atoms with Crippen molar-refractivity contribution in [1.82, 2.24) is 0 Å². The number of carbonyl (C=O) groups is 1. The molecule has 0 fully saturated rings. The summed E-state index contributed by atoms with van der Waals surface area (Å²) in [6.07, 6.45) is 0. The molecule has 0 heterocycles. The molecule has 0 saturated heterocycles. The Morgan fingerprint density at radius 2 is 1.90 bits per heavy atom. The lowest BCUT2D eigenvalue weighted by Gasteiger charge is -2.24. The maximum Gasteiger partial charge on any atom is 0.335 e. The molecular weight excluding hydrogens is 262 g/mol. The van der Waals surface area contributed by atoms with Crippen LogP contribution in [0.25, 0.3) is 0 Å². The number of hydrogen-bond donors (Lipinski definition) is 1. The van der Waals surface area contributed by atoms with Crippen LogP contribution in [0, 0.1) is 13.8 Å². The maximum atomic E-state index is 11.0. The van der Waals surface area contributed by atoms with Gasteiger partial charge in [-0.2, -0.15) is 0 Å². The van der Waals surface area contributed by atoms with E-state index in [-0.39, 0.29) is 0 Å². The van der Waals surface area contributed by atoms with Crippen molar-refractivity contribution in [3.63, 3.8) is 0 Å². The number of anilines is 1. The summed E-state index contributed by atoms with van der Waals surface area (Å²) in [6.45, 7) is 7.87. The summed E-state index contributed by atoms with van der Waals surface area (Å²) in [5.74, 6) is -0.879. The minimum Gasteiger partial charge on any atom is -0.478 e. The van der Waals surface area contributed by atoms with Gasteiger partial charge in [-0.3, -0.25) is 0 Å². The van der Waals surface area contributed by atoms with E-state index in [0.29, 0.717) is 5.56 Å². The maximum absolute atomic E-state index is 11.0. The Hall–Kier alpha value is -2.29. The molecule has 0 aliphatic carbocycles. The highest BCUT2D eigenvalue weighted by Crippen LogP contribution is 2.20. The lowest BCUT2D eigenvalue weighted by Crippen LogP contribution is -2.22. The van der Waals surface area contributed by atoms with Gasteiger partial charge in [0.25, 0.3) is 0 Å². The number of aryl methyl sites for hydroxylation is 2. The van der Waals surface area contributed by atoms with Crippen LogP contribution in [0.3, 0.4) is 0 Å². The number of hydrogen-bond acceptors (Lipinski definition) is 2. The number of carboxylic acids is 1. The number of benzene rings is 2. The van der Waals surface area contributed by atoms with E-state index in [4.69, 9.17) is 5.11 Å². The molecule has 0 aromatic heterocycles. The van der Waals surface area contributed by atoms with Crippen LogP contribution in [0.2, 0.25) is 0 Å². The van der Waals surface area contributed by atoms with Gasteiger partial charge in [-0.15, -0.1) is 0 Å². The first-order valence-electron chi connectivity index (χ1n) is 7.15. The highest BCUT2D eigenvalue weighted by Gasteiger charge is 2.10. The number of carboxylic acid groups (broad SMARTS) is 1. The van der Waals surface area contributed by atoms with Crippen molar-refractivity contribution in [2.24, 2.45) is 0 Å². The largest absolute Gasteiger partial charge is 0.478 e. The summed E-state index contributed by atoms with van der Waals surface area (Å²) >= 11 is 0. The van der Waals surface area contributed by atoms with Gasteiger partial charge in [0.1, 0.15) is 0 Å². The minimum atomic E-state index is -0.879. The topological polar surface area (TPSA) is 40.5 Å². The molecule has 3 nitrogen and oxygen atoms in total. The quantitative estimate of drug-likeness (QED) is 0.900. The second kappa shape index (κ2) is 6.44. The zero-order chi connectivity index (χ0) is 15.4. The first-order valence-corrected chi connectivity index (χ1v) is 7.15. The fourth-order valence-corrected chi connectivity index (χ4v) is 2.42. The molecule has 0 radical (unpaired) electrons. The Balaban J connectivity index is 2.25. The minimum absolute atomic E-state index is 0.342. The molecule has 0 bridgehead atoms. The Bertz CT molecular complexity index is 649. The predicted octanol–water partition coefficient (Wildman–Crippen LogP) is 4.03. The van der Waals surface area contributed by atoms with Crippen molar-refractivity contribution < 1.29 is 9.90 Å². The zero-order valence-electron chi connectivity index (χ0n) is 12.8. The lowest BCUT2D eigenvalue weighted by atomic mass is 10.0. The van der Waals surface area contributed by atoms with E-state index in [9.17, 15) is 4.79 Å². The molecule has 0 unspecified atom stereocenters. The summed E-state index contributed by atoms with van der Waals surface area (Å²) in [6, 6.07) is 13.8. The van der Waals surface area contributed by atoms with E-state index in [0.717, 1.165) is 24.2 Å². The molecule has 0 spiro atoms. The first kappa shape index (κ1) is 15.1. The van der Waals surface area contributed by atoms with Crippen molar-refractivity contribution >= 4 is 11.7 Å². The van der Waals surface area contributed by atoms with Crippen molar-refractivity contribution in [2.45, 2.75) is 27.3 Å². The monoisotopic (exact) mass is 283 g/mol. The molecule has 1 N–H and O–H groups in total. The van der Waals surface area contributed by atoms with E-state index in [1.807, 2.05) is 13.0 Å². The third-order valence-electron chi connectivity index (χ3n) is 3.70. The van der Waals surface area contributed by atoms with Crippen LogP contribution in [-0.4, -0.2) is 17.6 Å². The number of rotatable bonds is 5. The van der Waals surface area contributed by atoms with E-state index in [2.05, 4.69) is 43.0 Å². The summed E-state index contributed by atoms with van der Waals surface area (Å²) in [7, 11) is 0. The van der Waals surface area contributed by atoms with E-state index >= 15 is 0 Å². The summed E-state index contributed by atoms with van der Waals surface area (Å²) in [5, 5.41) is 9.03. The van der Waals surface area contributed by atoms with Crippen LogP contribution in [0.5, 0.6) is 0 Å². The molecule has 0 aliphatic rings. The van der Waals surface area contributed by atoms with Crippen molar-refractivity contribution in [2.75, 3.05) is 11.4 Å². The second-order valence-electron chi connectivity index (χ2n) is 5.30. The molecule has 21 heavy (non-hydrogen) atoms. The smallest absolute Gasteiger partial charge is 0.335 e. The van der Waals surface area contributed by atoms with Gasteiger partial charge >= 0.3 is 5.97 Å². The van der Waals surface area contributed by atoms with Gasteiger partial charge in [0.15, 0.2) is 0 Å². The molecule has 0 atom stereocenters. The normalized spacial score (nSPS) is 10.4. The Kier molecular flexibility index (Phi) is 4.63. The highest BCUT2D eigenvalue weighted by atomic mass is 16.4. The van der Waals surface area contributed by atoms with E-state index < -0.39 is 5.97 Å². The second-order valence-corrected chi connectivity index (χ2v) is 5.30. The van der Waals surface area contributed by atoms with E-state index in [1.165, 1.54) is 11.3 Å². The van der Waals surface area contributed by atoms with Crippen molar-refractivity contribution in [1.29, 1.82) is 0 Å². The zero-order valence-corrected chi connectivity index (χ0v) is 12.8. The SMILES string of the molecule is CCN(Cc1ccc(C(=O)O)cc1C)c1cccc(C)c1. The van der Waals surface area contributed by atoms with Crippen LogP contribution in [0.4, 0.5) is 5.69 Å². The van der Waals surface area contributed by atoms with Gasteiger partial charge in [0.2, 0.25) is 0 Å². The van der Waals surface area contributed by atoms with Gasteiger partial charge < -0.3 is 10.0 Å². The van der Waals surface area contributed by atoms with Crippen molar-refractivity contribution in [3.8, 4) is 0 Å². The highest BCUT2D eigenvalue weighted by molar-refractivity contribution is 5.87. The Morgan fingerprint density at radius 3 is 2.48 bits per heavy atom. The predicted molar refractivity (Wildman–Crippen MR) is 86.0 cm³/mol. The third-order valence-corrected chi connectivity index (χ3v) is 3.70. The summed E-state index contributed by atoms with van der Waals surface area (Å²) < 4.78 is 0. The van der Waals surface area contributed by atoms with Crippen molar-refractivity contribution in [3.05, 3.63) is 64.7 Å². The van der Waals surface area contributed by atoms with Crippen LogP contribution in [0.1, 0.15) is 34.0 Å². The van der Waals surface area contributed by atoms with Crippen LogP contribution in [-0.2, 0) is 6.54 Å². The fraction of sp³-hybridized carbons (Fsp3) is 0.278. The van der Waals surface area contributed by atoms with Crippen LogP contribution >= 0.6 is 0 Å². The van der Waals surface area contributed by atoms with Gasteiger partial charge in [0.05, 0.1) is 5.56 Å². The summed E-state index contributed by atoms with van der Waals surface area (Å²) in [5.41, 5.74) is 4.95. The van der Waals surface area contributed by atoms with Gasteiger partial charge in [-0.05, 0) is 61.7 Å². The van der Waals surface area contributed by atoms with Crippen LogP contribution < -0.4 is 4.90 Å². The molecule has 3 heteroatoms. The molecule has 2 aromatic rings. The lowest BCUT2D eigenvalue weighted by molar-refractivity contribution is 0.0697. The third kappa shape index (κ3) is 3.63. The van der Waals surface area contributed by atoms with Crippen LogP contribution in [0.15, 0.2) is 42.5 Å². The molecule has 0 saturated carbocycles. The molecule has 110 valence electrons. The Labute approximate surface area is 125 Å². The first-order chi connectivity index (χ1) is 10.0.